The molecule has 2 aromatic carbocycles. The zero-order valence-corrected chi connectivity index (χ0v) is 15.1. The second kappa shape index (κ2) is 9.36. The van der Waals surface area contributed by atoms with E-state index < -0.39 is 0 Å². The fourth-order valence-corrected chi connectivity index (χ4v) is 2.41. The first-order chi connectivity index (χ1) is 12.6. The van der Waals surface area contributed by atoms with E-state index in [2.05, 4.69) is 5.32 Å². The summed E-state index contributed by atoms with van der Waals surface area (Å²) in [6.45, 7) is 0.493. The number of rotatable bonds is 8. The number of ether oxygens (including phenoxy) is 3. The lowest BCUT2D eigenvalue weighted by Gasteiger charge is -2.09. The molecule has 0 spiro atoms. The number of phenols is 1. The summed E-state index contributed by atoms with van der Waals surface area (Å²) in [5, 5.41) is 12.5. The van der Waals surface area contributed by atoms with E-state index in [1.54, 1.807) is 32.4 Å². The molecule has 0 aliphatic carbocycles. The summed E-state index contributed by atoms with van der Waals surface area (Å²) in [5.41, 5.74) is 1.74. The molecule has 2 N–H and O–H groups in total. The summed E-state index contributed by atoms with van der Waals surface area (Å²) >= 11 is 0. The molecular weight excluding hydrogens is 334 g/mol. The predicted molar refractivity (Wildman–Crippen MR) is 100.0 cm³/mol. The highest BCUT2D eigenvalue weighted by Gasteiger charge is 2.05. The highest BCUT2D eigenvalue weighted by Crippen LogP contribution is 2.28. The van der Waals surface area contributed by atoms with Gasteiger partial charge in [0.05, 0.1) is 21.3 Å². The molecule has 6 nitrogen and oxygen atoms in total. The summed E-state index contributed by atoms with van der Waals surface area (Å²) in [6, 6.07) is 10.6. The molecule has 0 radical (unpaired) electrons. The number of benzene rings is 2. The van der Waals surface area contributed by atoms with Crippen molar-refractivity contribution in [2.45, 2.75) is 6.42 Å². The van der Waals surface area contributed by atoms with Gasteiger partial charge in [-0.05, 0) is 47.9 Å². The van der Waals surface area contributed by atoms with Gasteiger partial charge in [-0.1, -0.05) is 12.1 Å². The summed E-state index contributed by atoms with van der Waals surface area (Å²) in [4.78, 5) is 11.9. The summed E-state index contributed by atoms with van der Waals surface area (Å²) in [7, 11) is 4.66. The third-order valence-electron chi connectivity index (χ3n) is 3.79. The molecule has 2 rings (SSSR count). The van der Waals surface area contributed by atoms with Crippen molar-refractivity contribution in [3.05, 3.63) is 53.6 Å². The van der Waals surface area contributed by atoms with Crippen molar-refractivity contribution in [2.24, 2.45) is 0 Å². The lowest BCUT2D eigenvalue weighted by atomic mass is 10.1. The van der Waals surface area contributed by atoms with Crippen molar-refractivity contribution in [1.29, 1.82) is 0 Å². The van der Waals surface area contributed by atoms with Gasteiger partial charge in [0.2, 0.25) is 5.91 Å². The van der Waals surface area contributed by atoms with E-state index in [-0.39, 0.29) is 11.7 Å². The van der Waals surface area contributed by atoms with Crippen LogP contribution >= 0.6 is 0 Å². The molecular formula is C20H23NO5. The average Bonchev–Trinajstić information content (AvgIpc) is 2.66. The Labute approximate surface area is 153 Å². The molecule has 0 aliphatic rings. The summed E-state index contributed by atoms with van der Waals surface area (Å²) in [6.07, 6.45) is 3.73. The van der Waals surface area contributed by atoms with Gasteiger partial charge in [-0.2, -0.15) is 0 Å². The first kappa shape index (κ1) is 19.2. The summed E-state index contributed by atoms with van der Waals surface area (Å²) < 4.78 is 15.4. The number of hydrogen-bond acceptors (Lipinski definition) is 5. The van der Waals surface area contributed by atoms with Crippen LogP contribution in [0.25, 0.3) is 6.08 Å². The van der Waals surface area contributed by atoms with Crippen molar-refractivity contribution in [1.82, 2.24) is 5.32 Å². The van der Waals surface area contributed by atoms with Crippen LogP contribution < -0.4 is 19.5 Å². The number of carbonyl (C=O) groups excluding carboxylic acids is 1. The molecule has 2 aromatic rings. The minimum atomic E-state index is -0.208. The Bertz CT molecular complexity index is 786. The normalized spacial score (nSPS) is 10.6. The molecule has 0 unspecified atom stereocenters. The predicted octanol–water partition coefficient (Wildman–Crippen LogP) is 2.79. The van der Waals surface area contributed by atoms with Crippen LogP contribution in [0.4, 0.5) is 0 Å². The SMILES string of the molecule is COc1ccc(/C=C/C(=O)NCCc2ccc(OC)c(OC)c2)cc1O. The van der Waals surface area contributed by atoms with E-state index in [9.17, 15) is 9.90 Å². The van der Waals surface area contributed by atoms with Gasteiger partial charge in [-0.3, -0.25) is 4.79 Å². The number of phenolic OH excluding ortho intramolecular Hbond substituents is 1. The molecule has 0 saturated heterocycles. The van der Waals surface area contributed by atoms with Crippen LogP contribution in [0.2, 0.25) is 0 Å². The fraction of sp³-hybridized carbons (Fsp3) is 0.250. The molecule has 138 valence electrons. The molecule has 0 heterocycles. The molecule has 0 atom stereocenters. The lowest BCUT2D eigenvalue weighted by Crippen LogP contribution is -2.23. The topological polar surface area (TPSA) is 77.0 Å². The van der Waals surface area contributed by atoms with Crippen LogP contribution in [0.15, 0.2) is 42.5 Å². The number of aromatic hydroxyl groups is 1. The van der Waals surface area contributed by atoms with Gasteiger partial charge in [-0.15, -0.1) is 0 Å². The highest BCUT2D eigenvalue weighted by molar-refractivity contribution is 5.91. The Morgan fingerprint density at radius 1 is 1.00 bits per heavy atom. The van der Waals surface area contributed by atoms with Gasteiger partial charge in [-0.25, -0.2) is 0 Å². The van der Waals surface area contributed by atoms with Crippen molar-refractivity contribution < 1.29 is 24.1 Å². The van der Waals surface area contributed by atoms with E-state index in [1.165, 1.54) is 19.3 Å². The van der Waals surface area contributed by atoms with E-state index in [4.69, 9.17) is 14.2 Å². The van der Waals surface area contributed by atoms with Crippen molar-refractivity contribution in [3.63, 3.8) is 0 Å². The molecule has 0 fully saturated rings. The lowest BCUT2D eigenvalue weighted by molar-refractivity contribution is -0.116. The van der Waals surface area contributed by atoms with E-state index in [0.29, 0.717) is 35.8 Å². The first-order valence-electron chi connectivity index (χ1n) is 8.11. The van der Waals surface area contributed by atoms with E-state index in [0.717, 1.165) is 5.56 Å². The second-order valence-corrected chi connectivity index (χ2v) is 5.49. The van der Waals surface area contributed by atoms with Gasteiger partial charge in [0.25, 0.3) is 0 Å². The molecule has 0 bridgehead atoms. The van der Waals surface area contributed by atoms with Crippen molar-refractivity contribution >= 4 is 12.0 Å². The Morgan fingerprint density at radius 2 is 1.69 bits per heavy atom. The van der Waals surface area contributed by atoms with Crippen LogP contribution in [0.5, 0.6) is 23.0 Å². The maximum atomic E-state index is 11.9. The Kier molecular flexibility index (Phi) is 6.91. The highest BCUT2D eigenvalue weighted by atomic mass is 16.5. The zero-order valence-electron chi connectivity index (χ0n) is 15.1. The zero-order chi connectivity index (χ0) is 18.9. The van der Waals surface area contributed by atoms with Crippen LogP contribution in [-0.4, -0.2) is 38.9 Å². The third kappa shape index (κ3) is 5.17. The Hall–Kier alpha value is -3.15. The largest absolute Gasteiger partial charge is 0.504 e. The number of methoxy groups -OCH3 is 3. The molecule has 26 heavy (non-hydrogen) atoms. The molecule has 6 heteroatoms. The number of hydrogen-bond donors (Lipinski definition) is 2. The van der Waals surface area contributed by atoms with Gasteiger partial charge in [0.15, 0.2) is 23.0 Å². The van der Waals surface area contributed by atoms with Gasteiger partial charge in [0, 0.05) is 12.6 Å². The van der Waals surface area contributed by atoms with Crippen LogP contribution in [0.3, 0.4) is 0 Å². The van der Waals surface area contributed by atoms with E-state index in [1.807, 2.05) is 18.2 Å². The van der Waals surface area contributed by atoms with Gasteiger partial charge < -0.3 is 24.6 Å². The second-order valence-electron chi connectivity index (χ2n) is 5.49. The van der Waals surface area contributed by atoms with Gasteiger partial charge >= 0.3 is 0 Å². The standard InChI is InChI=1S/C20H23NO5/c1-24-17-7-4-14(12-16(17)22)6-9-20(23)21-11-10-15-5-8-18(25-2)19(13-15)26-3/h4-9,12-13,22H,10-11H2,1-3H3,(H,21,23)/b9-6+. The number of carbonyl (C=O) groups is 1. The minimum absolute atomic E-state index is 0.0310. The van der Waals surface area contributed by atoms with E-state index >= 15 is 0 Å². The van der Waals surface area contributed by atoms with Crippen molar-refractivity contribution in [2.75, 3.05) is 27.9 Å². The average molecular weight is 357 g/mol. The fourth-order valence-electron chi connectivity index (χ4n) is 2.41. The monoisotopic (exact) mass is 357 g/mol. The van der Waals surface area contributed by atoms with Crippen LogP contribution in [0, 0.1) is 0 Å². The molecule has 0 saturated carbocycles. The molecule has 0 aromatic heterocycles. The number of nitrogens with one attached hydrogen (secondary N) is 1. The Balaban J connectivity index is 1.86. The molecule has 0 aliphatic heterocycles. The quantitative estimate of drug-likeness (QED) is 0.711. The van der Waals surface area contributed by atoms with Crippen LogP contribution in [-0.2, 0) is 11.2 Å². The maximum absolute atomic E-state index is 11.9. The Morgan fingerprint density at radius 3 is 2.35 bits per heavy atom. The smallest absolute Gasteiger partial charge is 0.244 e. The summed E-state index contributed by atoms with van der Waals surface area (Å²) in [5.74, 6) is 1.55. The maximum Gasteiger partial charge on any atom is 0.244 e. The van der Waals surface area contributed by atoms with Crippen LogP contribution in [0.1, 0.15) is 11.1 Å². The first-order valence-corrected chi connectivity index (χ1v) is 8.11. The third-order valence-corrected chi connectivity index (χ3v) is 3.79. The minimum Gasteiger partial charge on any atom is -0.504 e. The number of amides is 1. The van der Waals surface area contributed by atoms with Crippen molar-refractivity contribution in [3.8, 4) is 23.0 Å². The van der Waals surface area contributed by atoms with Gasteiger partial charge in [0.1, 0.15) is 0 Å². The molecule has 1 amide bonds.